The van der Waals surface area contributed by atoms with Crippen molar-refractivity contribution in [3.8, 4) is 0 Å². The summed E-state index contributed by atoms with van der Waals surface area (Å²) in [7, 11) is 0. The minimum Gasteiger partial charge on any atom is -0.335 e. The first-order valence-electron chi connectivity index (χ1n) is 10.1. The fourth-order valence-corrected chi connectivity index (χ4v) is 5.71. The predicted octanol–water partition coefficient (Wildman–Crippen LogP) is 5.35. The summed E-state index contributed by atoms with van der Waals surface area (Å²) < 4.78 is 0. The summed E-state index contributed by atoms with van der Waals surface area (Å²) in [5, 5.41) is 0.799. The number of nitrogens with zero attached hydrogens (tertiary/aromatic N) is 2. The number of halogens is 1. The molecule has 3 aliphatic rings. The molecule has 0 saturated carbocycles. The van der Waals surface area contributed by atoms with Crippen molar-refractivity contribution in [2.45, 2.75) is 51.5 Å². The maximum atomic E-state index is 13.5. The third-order valence-corrected chi connectivity index (χ3v) is 7.93. The van der Waals surface area contributed by atoms with E-state index in [1.807, 2.05) is 30.5 Å². The van der Waals surface area contributed by atoms with E-state index in [9.17, 15) is 4.79 Å². The van der Waals surface area contributed by atoms with Crippen LogP contribution in [0.25, 0.3) is 0 Å². The third kappa shape index (κ3) is 2.35. The van der Waals surface area contributed by atoms with Gasteiger partial charge in [-0.3, -0.25) is 9.79 Å². The van der Waals surface area contributed by atoms with Gasteiger partial charge in [0.05, 0.1) is 5.69 Å². The van der Waals surface area contributed by atoms with Gasteiger partial charge in [-0.15, -0.1) is 0 Å². The maximum Gasteiger partial charge on any atom is 0.254 e. The number of hydrogen-bond donors (Lipinski definition) is 0. The van der Waals surface area contributed by atoms with Gasteiger partial charge in [0.1, 0.15) is 0 Å². The molecule has 2 heterocycles. The van der Waals surface area contributed by atoms with Gasteiger partial charge in [0.15, 0.2) is 0 Å². The molecule has 0 radical (unpaired) electrons. The van der Waals surface area contributed by atoms with E-state index in [1.165, 1.54) is 11.1 Å². The van der Waals surface area contributed by atoms with Crippen molar-refractivity contribution in [2.24, 2.45) is 10.4 Å². The Kier molecular flexibility index (Phi) is 3.80. The minimum atomic E-state index is -0.0293. The Morgan fingerprint density at radius 3 is 2.79 bits per heavy atom. The normalized spacial score (nSPS) is 26.7. The highest BCUT2D eigenvalue weighted by molar-refractivity contribution is 6.30. The van der Waals surface area contributed by atoms with Gasteiger partial charge in [0.2, 0.25) is 0 Å². The van der Waals surface area contributed by atoms with Crippen LogP contribution < -0.4 is 0 Å². The molecule has 2 aromatic carbocycles. The third-order valence-electron chi connectivity index (χ3n) is 7.69. The van der Waals surface area contributed by atoms with E-state index >= 15 is 0 Å². The summed E-state index contributed by atoms with van der Waals surface area (Å²) in [6.07, 6.45) is 4.56. The van der Waals surface area contributed by atoms with Crippen molar-refractivity contribution in [3.05, 3.63) is 63.7 Å². The average molecular weight is 393 g/mol. The molecule has 1 aliphatic carbocycles. The molecule has 5 rings (SSSR count). The van der Waals surface area contributed by atoms with E-state index in [2.05, 4.69) is 42.8 Å². The Hall–Kier alpha value is -2.13. The summed E-state index contributed by atoms with van der Waals surface area (Å²) in [4.78, 5) is 20.0. The van der Waals surface area contributed by atoms with Gasteiger partial charge >= 0.3 is 0 Å². The number of fused-ring (bicyclic) bond motifs is 5. The molecule has 4 heteroatoms. The highest BCUT2D eigenvalue weighted by Gasteiger charge is 2.56. The van der Waals surface area contributed by atoms with Gasteiger partial charge in [0.25, 0.3) is 5.91 Å². The van der Waals surface area contributed by atoms with E-state index in [1.54, 1.807) is 0 Å². The molecule has 144 valence electrons. The highest BCUT2D eigenvalue weighted by atomic mass is 35.5. The quantitative estimate of drug-likeness (QED) is 0.643. The smallest absolute Gasteiger partial charge is 0.254 e. The average Bonchev–Trinajstić information content (AvgIpc) is 3.13. The van der Waals surface area contributed by atoms with Crippen LogP contribution in [-0.2, 0) is 18.3 Å². The number of carbonyl (C=O) groups excluding carboxylic acids is 1. The number of rotatable bonds is 1. The van der Waals surface area contributed by atoms with Crippen molar-refractivity contribution in [3.63, 3.8) is 0 Å². The number of benzene rings is 2. The molecule has 0 aromatic heterocycles. The summed E-state index contributed by atoms with van der Waals surface area (Å²) in [6, 6.07) is 12.4. The zero-order valence-corrected chi connectivity index (χ0v) is 17.4. The van der Waals surface area contributed by atoms with Gasteiger partial charge in [-0.05, 0) is 65.3 Å². The van der Waals surface area contributed by atoms with E-state index in [4.69, 9.17) is 11.6 Å². The molecule has 3 nitrogen and oxygen atoms in total. The maximum absolute atomic E-state index is 13.5. The molecule has 0 N–H and O–H groups in total. The molecular formula is C24H25ClN2O. The summed E-state index contributed by atoms with van der Waals surface area (Å²) in [6.45, 7) is 7.76. The second-order valence-corrected chi connectivity index (χ2v) is 9.62. The van der Waals surface area contributed by atoms with Crippen molar-refractivity contribution < 1.29 is 4.79 Å². The van der Waals surface area contributed by atoms with Crippen LogP contribution in [0.4, 0.5) is 5.69 Å². The van der Waals surface area contributed by atoms with Crippen LogP contribution in [0.5, 0.6) is 0 Å². The number of hydrogen-bond acceptors (Lipinski definition) is 2. The van der Waals surface area contributed by atoms with Crippen LogP contribution in [0, 0.1) is 5.41 Å². The first-order valence-corrected chi connectivity index (χ1v) is 10.4. The van der Waals surface area contributed by atoms with Crippen molar-refractivity contribution in [1.82, 2.24) is 4.90 Å². The van der Waals surface area contributed by atoms with Crippen molar-refractivity contribution in [2.75, 3.05) is 6.54 Å². The van der Waals surface area contributed by atoms with Crippen LogP contribution in [0.2, 0.25) is 5.02 Å². The number of likely N-dealkylation sites (tertiary alicyclic amines) is 1. The Labute approximate surface area is 171 Å². The molecule has 2 atom stereocenters. The van der Waals surface area contributed by atoms with Gasteiger partial charge in [-0.2, -0.15) is 0 Å². The topological polar surface area (TPSA) is 32.7 Å². The lowest BCUT2D eigenvalue weighted by Crippen LogP contribution is -2.64. The molecular weight excluding hydrogens is 368 g/mol. The first-order chi connectivity index (χ1) is 13.3. The lowest BCUT2D eigenvalue weighted by Gasteiger charge is -2.60. The molecule has 1 amide bonds. The second kappa shape index (κ2) is 5.93. The standard InChI is InChI=1S/C24H25ClN2O/c1-23(2)21-13-15-4-6-18(25)14-19(15)24(23,3)9-11-27(21)22(28)17-5-7-20-16(12-17)8-10-26-20/h4-7,10,12,14,21H,8-9,11,13H2,1-3H3. The largest absolute Gasteiger partial charge is 0.335 e. The van der Waals surface area contributed by atoms with E-state index in [0.29, 0.717) is 0 Å². The first kappa shape index (κ1) is 17.9. The fraction of sp³-hybridized carbons (Fsp3) is 0.417. The van der Waals surface area contributed by atoms with Crippen molar-refractivity contribution in [1.29, 1.82) is 0 Å². The summed E-state index contributed by atoms with van der Waals surface area (Å²) >= 11 is 6.34. The number of carbonyl (C=O) groups is 1. The zero-order valence-electron chi connectivity index (χ0n) is 16.6. The molecule has 2 aliphatic heterocycles. The molecule has 2 bridgehead atoms. The molecule has 2 unspecified atom stereocenters. The lowest BCUT2D eigenvalue weighted by atomic mass is 9.51. The second-order valence-electron chi connectivity index (χ2n) is 9.18. The fourth-order valence-electron chi connectivity index (χ4n) is 5.53. The van der Waals surface area contributed by atoms with E-state index in [-0.39, 0.29) is 22.8 Å². The molecule has 0 spiro atoms. The van der Waals surface area contributed by atoms with Gasteiger partial charge in [-0.25, -0.2) is 0 Å². The zero-order chi connectivity index (χ0) is 19.7. The lowest BCUT2D eigenvalue weighted by molar-refractivity contribution is -0.0262. The monoisotopic (exact) mass is 392 g/mol. The van der Waals surface area contributed by atoms with Gasteiger partial charge in [0, 0.05) is 41.2 Å². The van der Waals surface area contributed by atoms with Gasteiger partial charge in [-0.1, -0.05) is 38.4 Å². The molecule has 28 heavy (non-hydrogen) atoms. The summed E-state index contributed by atoms with van der Waals surface area (Å²) in [5.41, 5.74) is 5.60. The van der Waals surface area contributed by atoms with Crippen LogP contribution in [0.15, 0.2) is 41.4 Å². The van der Waals surface area contributed by atoms with Crippen LogP contribution in [-0.4, -0.2) is 29.6 Å². The molecule has 1 saturated heterocycles. The van der Waals surface area contributed by atoms with E-state index in [0.717, 1.165) is 47.6 Å². The minimum absolute atomic E-state index is 0.0126. The van der Waals surface area contributed by atoms with E-state index < -0.39 is 0 Å². The summed E-state index contributed by atoms with van der Waals surface area (Å²) in [5.74, 6) is 0.146. The molecule has 1 fully saturated rings. The Morgan fingerprint density at radius 2 is 1.96 bits per heavy atom. The number of amides is 1. The Bertz CT molecular complexity index is 1030. The predicted molar refractivity (Wildman–Crippen MR) is 114 cm³/mol. The Morgan fingerprint density at radius 1 is 1.14 bits per heavy atom. The van der Waals surface area contributed by atoms with Crippen LogP contribution >= 0.6 is 11.6 Å². The number of aliphatic imine (C=N–C) groups is 1. The molecule has 2 aromatic rings. The van der Waals surface area contributed by atoms with Crippen molar-refractivity contribution >= 4 is 29.4 Å². The van der Waals surface area contributed by atoms with Gasteiger partial charge < -0.3 is 4.90 Å². The van der Waals surface area contributed by atoms with Crippen LogP contribution in [0.1, 0.15) is 54.2 Å². The number of piperidine rings is 1. The van der Waals surface area contributed by atoms with Crippen LogP contribution in [0.3, 0.4) is 0 Å². The Balaban J connectivity index is 1.54. The SMILES string of the molecule is CC12CCN(C(=O)c3ccc4c(c3)CC=N4)C(Cc3ccc(Cl)cc31)C2(C)C. The highest BCUT2D eigenvalue weighted by Crippen LogP contribution is 2.56.